The molecule has 0 atom stereocenters. The van der Waals surface area contributed by atoms with E-state index in [1.165, 1.54) is 43.4 Å². The highest BCUT2D eigenvalue weighted by molar-refractivity contribution is 6.25. The minimum Gasteiger partial charge on any atom is -0.0683 e. The first-order valence-electron chi connectivity index (χ1n) is 12.6. The summed E-state index contributed by atoms with van der Waals surface area (Å²) >= 11 is 0. The number of hydrogen-bond donors (Lipinski definition) is 0. The van der Waals surface area contributed by atoms with Gasteiger partial charge >= 0.3 is 0 Å². The zero-order valence-electron chi connectivity index (χ0n) is 21.9. The third kappa shape index (κ3) is 6.93. The molecule has 5 rings (SSSR count). The van der Waals surface area contributed by atoms with E-state index in [1.54, 1.807) is 0 Å². The van der Waals surface area contributed by atoms with Gasteiger partial charge in [0.2, 0.25) is 0 Å². The Bertz CT molecular complexity index is 994. The topological polar surface area (TPSA) is 0 Å². The third-order valence-corrected chi connectivity index (χ3v) is 5.29. The summed E-state index contributed by atoms with van der Waals surface area (Å²) in [6.45, 7) is 16.3. The summed E-state index contributed by atoms with van der Waals surface area (Å²) in [6.07, 6.45) is 1.15. The Morgan fingerprint density at radius 1 is 0.394 bits per heavy atom. The van der Waals surface area contributed by atoms with Gasteiger partial charge in [0, 0.05) is 0 Å². The second kappa shape index (κ2) is 15.6. The van der Waals surface area contributed by atoms with E-state index in [4.69, 9.17) is 0 Å². The monoisotopic (exact) mass is 438 g/mol. The number of rotatable bonds is 1. The van der Waals surface area contributed by atoms with Crippen molar-refractivity contribution in [3.63, 3.8) is 0 Å². The summed E-state index contributed by atoms with van der Waals surface area (Å²) in [6, 6.07) is 34.5. The van der Waals surface area contributed by atoms with Crippen molar-refractivity contribution in [2.24, 2.45) is 0 Å². The SMILES string of the molecule is CC.CC.CC.CCc1ccccc1C.c1ccc2c(c1)c1ccccc1c1ccccc21. The van der Waals surface area contributed by atoms with Crippen molar-refractivity contribution in [2.45, 2.75) is 61.8 Å². The molecular formula is C33H42. The Hall–Kier alpha value is -3.12. The molecule has 0 bridgehead atoms. The van der Waals surface area contributed by atoms with Crippen molar-refractivity contribution in [1.29, 1.82) is 0 Å². The van der Waals surface area contributed by atoms with Crippen molar-refractivity contribution < 1.29 is 0 Å². The molecule has 0 aliphatic heterocycles. The lowest BCUT2D eigenvalue weighted by Gasteiger charge is -2.09. The zero-order valence-corrected chi connectivity index (χ0v) is 21.9. The number of fused-ring (bicyclic) bond motifs is 6. The third-order valence-electron chi connectivity index (χ3n) is 5.29. The van der Waals surface area contributed by atoms with Gasteiger partial charge in [0.1, 0.15) is 0 Å². The predicted molar refractivity (Wildman–Crippen MR) is 154 cm³/mol. The normalized spacial score (nSPS) is 9.33. The molecule has 0 aromatic heterocycles. The van der Waals surface area contributed by atoms with Gasteiger partial charge in [0.15, 0.2) is 0 Å². The van der Waals surface area contributed by atoms with Crippen LogP contribution in [0.4, 0.5) is 0 Å². The lowest BCUT2D eigenvalue weighted by molar-refractivity contribution is 1.11. The van der Waals surface area contributed by atoms with Gasteiger partial charge in [0.25, 0.3) is 0 Å². The summed E-state index contributed by atoms with van der Waals surface area (Å²) in [4.78, 5) is 0. The molecule has 0 spiro atoms. The number of hydrogen-bond acceptors (Lipinski definition) is 0. The molecule has 0 nitrogen and oxygen atoms in total. The molecule has 0 saturated carbocycles. The molecule has 0 radical (unpaired) electrons. The van der Waals surface area contributed by atoms with E-state index in [9.17, 15) is 0 Å². The number of benzene rings is 5. The van der Waals surface area contributed by atoms with Crippen LogP contribution in [0, 0.1) is 6.92 Å². The van der Waals surface area contributed by atoms with Gasteiger partial charge in [0.05, 0.1) is 0 Å². The van der Waals surface area contributed by atoms with Crippen LogP contribution >= 0.6 is 0 Å². The largest absolute Gasteiger partial charge is 0.0683 e. The van der Waals surface area contributed by atoms with Gasteiger partial charge in [-0.25, -0.2) is 0 Å². The van der Waals surface area contributed by atoms with Crippen LogP contribution in [0.5, 0.6) is 0 Å². The summed E-state index contributed by atoms with van der Waals surface area (Å²) in [5.74, 6) is 0. The van der Waals surface area contributed by atoms with Crippen LogP contribution in [0.15, 0.2) is 97.1 Å². The van der Waals surface area contributed by atoms with Crippen LogP contribution in [0.3, 0.4) is 0 Å². The van der Waals surface area contributed by atoms with Gasteiger partial charge in [-0.05, 0) is 56.8 Å². The fourth-order valence-electron chi connectivity index (χ4n) is 3.87. The van der Waals surface area contributed by atoms with Crippen LogP contribution in [-0.2, 0) is 6.42 Å². The van der Waals surface area contributed by atoms with Gasteiger partial charge in [-0.2, -0.15) is 0 Å². The lowest BCUT2D eigenvalue weighted by Crippen LogP contribution is -1.82. The van der Waals surface area contributed by atoms with Crippen molar-refractivity contribution in [3.05, 3.63) is 108 Å². The fraction of sp³-hybridized carbons (Fsp3) is 0.273. The lowest BCUT2D eigenvalue weighted by atomic mass is 9.95. The van der Waals surface area contributed by atoms with E-state index < -0.39 is 0 Å². The highest BCUT2D eigenvalue weighted by atomic mass is 14.1. The quantitative estimate of drug-likeness (QED) is 0.228. The highest BCUT2D eigenvalue weighted by Crippen LogP contribution is 2.34. The van der Waals surface area contributed by atoms with Crippen LogP contribution in [0.2, 0.25) is 0 Å². The molecule has 5 aromatic rings. The van der Waals surface area contributed by atoms with Crippen molar-refractivity contribution in [1.82, 2.24) is 0 Å². The molecule has 0 amide bonds. The fourth-order valence-corrected chi connectivity index (χ4v) is 3.87. The summed E-state index contributed by atoms with van der Waals surface area (Å²) < 4.78 is 0. The van der Waals surface area contributed by atoms with Gasteiger partial charge < -0.3 is 0 Å². The van der Waals surface area contributed by atoms with E-state index in [1.807, 2.05) is 41.5 Å². The Kier molecular flexibility index (Phi) is 13.2. The standard InChI is InChI=1S/C18H12.C9H12.3C2H6/c1-2-8-14-13(7-1)15-9-3-4-11-17(15)18-12-6-5-10-16(14)18;1-3-9-7-5-4-6-8(9)2;3*1-2/h1-12H;4-7H,3H2,1-2H3;3*1-2H3. The maximum atomic E-state index is 2.21. The summed E-state index contributed by atoms with van der Waals surface area (Å²) in [5.41, 5.74) is 2.86. The molecule has 0 unspecified atom stereocenters. The molecule has 0 heteroatoms. The van der Waals surface area contributed by atoms with Crippen LogP contribution in [0.25, 0.3) is 32.3 Å². The molecule has 0 N–H and O–H groups in total. The minimum atomic E-state index is 1.15. The van der Waals surface area contributed by atoms with Crippen LogP contribution < -0.4 is 0 Å². The Labute approximate surface area is 202 Å². The average molecular weight is 439 g/mol. The van der Waals surface area contributed by atoms with E-state index in [0.29, 0.717) is 0 Å². The Morgan fingerprint density at radius 3 is 0.848 bits per heavy atom. The smallest absolute Gasteiger partial charge is 0.00990 e. The van der Waals surface area contributed by atoms with Crippen LogP contribution in [-0.4, -0.2) is 0 Å². The van der Waals surface area contributed by atoms with E-state index in [0.717, 1.165) is 6.42 Å². The number of aryl methyl sites for hydroxylation is 2. The second-order valence-electron chi connectivity index (χ2n) is 6.92. The molecule has 0 heterocycles. The van der Waals surface area contributed by atoms with Gasteiger partial charge in [-0.3, -0.25) is 0 Å². The van der Waals surface area contributed by atoms with Crippen molar-refractivity contribution in [3.8, 4) is 0 Å². The maximum Gasteiger partial charge on any atom is -0.00990 e. The zero-order chi connectivity index (χ0) is 24.6. The van der Waals surface area contributed by atoms with Crippen molar-refractivity contribution >= 4 is 32.3 Å². The van der Waals surface area contributed by atoms with E-state index in [2.05, 4.69) is 111 Å². The summed E-state index contributed by atoms with van der Waals surface area (Å²) in [7, 11) is 0. The highest BCUT2D eigenvalue weighted by Gasteiger charge is 2.06. The van der Waals surface area contributed by atoms with E-state index in [-0.39, 0.29) is 0 Å². The Morgan fingerprint density at radius 2 is 0.636 bits per heavy atom. The van der Waals surface area contributed by atoms with Crippen molar-refractivity contribution in [2.75, 3.05) is 0 Å². The molecule has 0 saturated heterocycles. The minimum absolute atomic E-state index is 1.15. The first-order chi connectivity index (χ1) is 16.3. The summed E-state index contributed by atoms with van der Waals surface area (Å²) in [5, 5.41) is 8.04. The molecular weight excluding hydrogens is 396 g/mol. The molecule has 174 valence electrons. The Balaban J connectivity index is 0.000000309. The second-order valence-corrected chi connectivity index (χ2v) is 6.92. The molecule has 0 aliphatic carbocycles. The molecule has 0 fully saturated rings. The van der Waals surface area contributed by atoms with E-state index >= 15 is 0 Å². The molecule has 5 aromatic carbocycles. The predicted octanol–water partition coefficient (Wildman–Crippen LogP) is 10.8. The molecule has 0 aliphatic rings. The van der Waals surface area contributed by atoms with Crippen LogP contribution in [0.1, 0.15) is 59.6 Å². The maximum absolute atomic E-state index is 2.21. The average Bonchev–Trinajstić information content (AvgIpc) is 2.93. The first kappa shape index (κ1) is 27.9. The van der Waals surface area contributed by atoms with Gasteiger partial charge in [-0.15, -0.1) is 0 Å². The first-order valence-corrected chi connectivity index (χ1v) is 12.6. The van der Waals surface area contributed by atoms with Gasteiger partial charge in [-0.1, -0.05) is 146 Å². The molecule has 33 heavy (non-hydrogen) atoms.